The van der Waals surface area contributed by atoms with Crippen molar-refractivity contribution in [3.63, 3.8) is 0 Å². The number of hydrogen-bond donors (Lipinski definition) is 1. The maximum Gasteiger partial charge on any atom is 0.364 e. The first-order valence-electron chi connectivity index (χ1n) is 3.58. The molecule has 6 nitrogen and oxygen atoms in total. The predicted octanol–water partition coefficient (Wildman–Crippen LogP) is -0.368. The Morgan fingerprint density at radius 1 is 1.43 bits per heavy atom. The van der Waals surface area contributed by atoms with E-state index in [1.54, 1.807) is 0 Å². The van der Waals surface area contributed by atoms with Crippen molar-refractivity contribution in [2.45, 2.75) is 0 Å². The van der Waals surface area contributed by atoms with Gasteiger partial charge in [-0.2, -0.15) is 0 Å². The van der Waals surface area contributed by atoms with Gasteiger partial charge < -0.3 is 10.5 Å². The highest BCUT2D eigenvalue weighted by atomic mass is 16.5. The van der Waals surface area contributed by atoms with Crippen LogP contribution in [-0.4, -0.2) is 21.8 Å². The number of carbonyl (C=O) groups excluding carboxylic acids is 2. The zero-order valence-electron chi connectivity index (χ0n) is 7.14. The molecule has 0 aliphatic carbocycles. The van der Waals surface area contributed by atoms with Crippen molar-refractivity contribution >= 4 is 11.9 Å². The molecular formula is C8H7N3O3. The molecule has 1 aromatic heterocycles. The predicted molar refractivity (Wildman–Crippen MR) is 45.8 cm³/mol. The van der Waals surface area contributed by atoms with Gasteiger partial charge >= 0.3 is 5.97 Å². The van der Waals surface area contributed by atoms with Crippen LogP contribution in [0.4, 0.5) is 0 Å². The van der Waals surface area contributed by atoms with Crippen LogP contribution in [0.3, 0.4) is 0 Å². The van der Waals surface area contributed by atoms with Crippen molar-refractivity contribution in [2.75, 3.05) is 0 Å². The topological polar surface area (TPSA) is 95.2 Å². The summed E-state index contributed by atoms with van der Waals surface area (Å²) in [5.41, 5.74) is 4.79. The molecule has 0 spiro atoms. The number of nitrogens with two attached hydrogens (primary N) is 1. The molecule has 0 saturated heterocycles. The molecule has 14 heavy (non-hydrogen) atoms. The second-order valence-corrected chi connectivity index (χ2v) is 2.27. The number of ether oxygens (including phenoxy) is 1. The smallest absolute Gasteiger partial charge is 0.364 e. The Morgan fingerprint density at radius 3 is 2.64 bits per heavy atom. The van der Waals surface area contributed by atoms with E-state index >= 15 is 0 Å². The van der Waals surface area contributed by atoms with Gasteiger partial charge in [0.25, 0.3) is 5.91 Å². The normalized spacial score (nSPS) is 9.14. The molecule has 0 aromatic carbocycles. The van der Waals surface area contributed by atoms with E-state index < -0.39 is 17.6 Å². The van der Waals surface area contributed by atoms with E-state index in [0.717, 1.165) is 0 Å². The Labute approximate surface area is 79.4 Å². The number of primary amides is 1. The highest BCUT2D eigenvalue weighted by molar-refractivity contribution is 5.95. The Hall–Kier alpha value is -2.24. The summed E-state index contributed by atoms with van der Waals surface area (Å²) < 4.78 is 4.49. The van der Waals surface area contributed by atoms with Gasteiger partial charge in [-0.15, -0.1) is 0 Å². The third kappa shape index (κ3) is 2.37. The molecule has 72 valence electrons. The maximum absolute atomic E-state index is 11.2. The molecule has 0 radical (unpaired) electrons. The molecule has 0 aliphatic heterocycles. The lowest BCUT2D eigenvalue weighted by Gasteiger charge is -2.01. The minimum absolute atomic E-state index is 0.0186. The molecule has 0 saturated carbocycles. The Morgan fingerprint density at radius 2 is 2.14 bits per heavy atom. The largest absolute Gasteiger partial charge is 0.417 e. The lowest BCUT2D eigenvalue weighted by Crippen LogP contribution is -2.18. The standard InChI is InChI=1S/C8H7N3O3/c1-5(7(9)12)14-8(13)6-4-10-2-3-11-6/h2-4H,1H2,(H2,9,12). The number of esters is 1. The zero-order chi connectivity index (χ0) is 10.6. The van der Waals surface area contributed by atoms with Gasteiger partial charge in [-0.3, -0.25) is 9.78 Å². The van der Waals surface area contributed by atoms with E-state index in [1.165, 1.54) is 18.6 Å². The lowest BCUT2D eigenvalue weighted by molar-refractivity contribution is -0.117. The summed E-state index contributed by atoms with van der Waals surface area (Å²) in [5.74, 6) is -2.15. The molecule has 0 aliphatic rings. The van der Waals surface area contributed by atoms with Gasteiger partial charge in [-0.05, 0) is 0 Å². The van der Waals surface area contributed by atoms with Crippen LogP contribution in [0.2, 0.25) is 0 Å². The fourth-order valence-corrected chi connectivity index (χ4v) is 0.619. The first-order valence-corrected chi connectivity index (χ1v) is 3.58. The van der Waals surface area contributed by atoms with Gasteiger partial charge in [-0.25, -0.2) is 9.78 Å². The van der Waals surface area contributed by atoms with E-state index in [-0.39, 0.29) is 5.69 Å². The minimum Gasteiger partial charge on any atom is -0.417 e. The third-order valence-electron chi connectivity index (χ3n) is 1.26. The van der Waals surface area contributed by atoms with Crippen molar-refractivity contribution < 1.29 is 14.3 Å². The number of carbonyl (C=O) groups is 2. The monoisotopic (exact) mass is 193 g/mol. The first-order chi connectivity index (χ1) is 6.61. The lowest BCUT2D eigenvalue weighted by atomic mass is 10.4. The molecule has 0 bridgehead atoms. The van der Waals surface area contributed by atoms with Crippen molar-refractivity contribution in [3.8, 4) is 0 Å². The average molecular weight is 193 g/mol. The van der Waals surface area contributed by atoms with Crippen molar-refractivity contribution in [1.82, 2.24) is 9.97 Å². The highest BCUT2D eigenvalue weighted by Gasteiger charge is 2.13. The number of aromatic nitrogens is 2. The quantitative estimate of drug-likeness (QED) is 0.401. The zero-order valence-corrected chi connectivity index (χ0v) is 7.14. The van der Waals surface area contributed by atoms with E-state index in [0.29, 0.717) is 0 Å². The summed E-state index contributed by atoms with van der Waals surface area (Å²) in [6.07, 6.45) is 3.93. The van der Waals surface area contributed by atoms with Gasteiger partial charge in [0.05, 0.1) is 6.20 Å². The molecule has 1 heterocycles. The molecule has 1 rings (SSSR count). The van der Waals surface area contributed by atoms with Crippen LogP contribution in [0.25, 0.3) is 0 Å². The molecule has 0 atom stereocenters. The molecule has 0 fully saturated rings. The number of nitrogens with zero attached hydrogens (tertiary/aromatic N) is 2. The van der Waals surface area contributed by atoms with Crippen LogP contribution in [0.5, 0.6) is 0 Å². The molecular weight excluding hydrogens is 186 g/mol. The molecule has 0 unspecified atom stereocenters. The van der Waals surface area contributed by atoms with Crippen molar-refractivity contribution in [2.24, 2.45) is 5.73 Å². The van der Waals surface area contributed by atoms with Crippen LogP contribution < -0.4 is 5.73 Å². The third-order valence-corrected chi connectivity index (χ3v) is 1.26. The van der Waals surface area contributed by atoms with Gasteiger partial charge in [-0.1, -0.05) is 6.58 Å². The maximum atomic E-state index is 11.2. The second-order valence-electron chi connectivity index (χ2n) is 2.27. The first kappa shape index (κ1) is 9.85. The van der Waals surface area contributed by atoms with Crippen LogP contribution in [0.1, 0.15) is 10.5 Å². The Bertz CT molecular complexity index is 375. The molecule has 1 amide bonds. The van der Waals surface area contributed by atoms with E-state index in [9.17, 15) is 9.59 Å². The summed E-state index contributed by atoms with van der Waals surface area (Å²) in [7, 11) is 0. The summed E-state index contributed by atoms with van der Waals surface area (Å²) in [4.78, 5) is 29.0. The van der Waals surface area contributed by atoms with Crippen LogP contribution in [0, 0.1) is 0 Å². The average Bonchev–Trinajstić information content (AvgIpc) is 2.19. The van der Waals surface area contributed by atoms with Crippen LogP contribution >= 0.6 is 0 Å². The van der Waals surface area contributed by atoms with Crippen LogP contribution in [-0.2, 0) is 9.53 Å². The van der Waals surface area contributed by atoms with Gasteiger partial charge in [0.1, 0.15) is 0 Å². The van der Waals surface area contributed by atoms with E-state index in [2.05, 4.69) is 21.3 Å². The fourth-order valence-electron chi connectivity index (χ4n) is 0.619. The van der Waals surface area contributed by atoms with E-state index in [1.807, 2.05) is 0 Å². The van der Waals surface area contributed by atoms with Crippen LogP contribution in [0.15, 0.2) is 30.9 Å². The minimum atomic E-state index is -0.901. The Balaban J connectivity index is 2.69. The van der Waals surface area contributed by atoms with Gasteiger partial charge in [0.15, 0.2) is 11.5 Å². The number of hydrogen-bond acceptors (Lipinski definition) is 5. The summed E-state index contributed by atoms with van der Waals surface area (Å²) >= 11 is 0. The second kappa shape index (κ2) is 4.13. The summed E-state index contributed by atoms with van der Waals surface area (Å²) in [6.45, 7) is 3.15. The Kier molecular flexibility index (Phi) is 2.90. The van der Waals surface area contributed by atoms with Crippen molar-refractivity contribution in [1.29, 1.82) is 0 Å². The summed E-state index contributed by atoms with van der Waals surface area (Å²) in [6, 6.07) is 0. The van der Waals surface area contributed by atoms with E-state index in [4.69, 9.17) is 5.73 Å². The molecule has 6 heteroatoms. The van der Waals surface area contributed by atoms with Crippen molar-refractivity contribution in [3.05, 3.63) is 36.6 Å². The number of rotatable bonds is 3. The molecule has 1 aromatic rings. The molecule has 2 N–H and O–H groups in total. The SMILES string of the molecule is C=C(OC(=O)c1cnccn1)C(N)=O. The highest BCUT2D eigenvalue weighted by Crippen LogP contribution is 1.99. The van der Waals surface area contributed by atoms with Gasteiger partial charge in [0.2, 0.25) is 0 Å². The van der Waals surface area contributed by atoms with Gasteiger partial charge in [0, 0.05) is 12.4 Å². The fraction of sp³-hybridized carbons (Fsp3) is 0. The number of amides is 1. The summed E-state index contributed by atoms with van der Waals surface area (Å²) in [5, 5.41) is 0.